The molecule has 0 radical (unpaired) electrons. The van der Waals surface area contributed by atoms with Crippen LogP contribution in [0.1, 0.15) is 25.7 Å². The summed E-state index contributed by atoms with van der Waals surface area (Å²) < 4.78 is 5.87. The Balaban J connectivity index is 0.00000192. The highest BCUT2D eigenvalue weighted by molar-refractivity contribution is 14.0. The maximum atomic E-state index is 5.87. The van der Waals surface area contributed by atoms with Gasteiger partial charge in [0, 0.05) is 25.8 Å². The second kappa shape index (κ2) is 9.32. The Kier molecular flexibility index (Phi) is 7.42. The molecule has 128 valence electrons. The number of aliphatic imine (C=N–C) groups is 1. The molecule has 3 unspecified atom stereocenters. The third-order valence-electron chi connectivity index (χ3n) is 4.40. The standard InChI is InChI=1S/C17H26N4O.HI/c1-18-17(21-15-12-14-8-9-16(15)22-14)20-11-5-10-19-13-6-3-2-4-7-13;/h2-4,6-7,14-16,19H,5,8-12H2,1H3,(H2,18,20,21);1H. The summed E-state index contributed by atoms with van der Waals surface area (Å²) in [7, 11) is 1.83. The molecule has 23 heavy (non-hydrogen) atoms. The summed E-state index contributed by atoms with van der Waals surface area (Å²) >= 11 is 0. The van der Waals surface area contributed by atoms with E-state index in [9.17, 15) is 0 Å². The normalized spacial score (nSPS) is 25.8. The topological polar surface area (TPSA) is 57.7 Å². The van der Waals surface area contributed by atoms with Crippen molar-refractivity contribution in [3.05, 3.63) is 30.3 Å². The van der Waals surface area contributed by atoms with E-state index in [1.54, 1.807) is 0 Å². The number of halogens is 1. The fraction of sp³-hybridized carbons (Fsp3) is 0.588. The van der Waals surface area contributed by atoms with Gasteiger partial charge in [0.2, 0.25) is 0 Å². The highest BCUT2D eigenvalue weighted by Crippen LogP contribution is 2.34. The van der Waals surface area contributed by atoms with E-state index in [1.165, 1.54) is 18.5 Å². The highest BCUT2D eigenvalue weighted by atomic mass is 127. The van der Waals surface area contributed by atoms with Crippen molar-refractivity contribution < 1.29 is 4.74 Å². The van der Waals surface area contributed by atoms with Crippen molar-refractivity contribution in [2.45, 2.75) is 43.9 Å². The summed E-state index contributed by atoms with van der Waals surface area (Å²) in [6.45, 7) is 1.85. The Hall–Kier alpha value is -1.02. The van der Waals surface area contributed by atoms with E-state index < -0.39 is 0 Å². The molecule has 5 nitrogen and oxygen atoms in total. The van der Waals surface area contributed by atoms with Gasteiger partial charge in [0.15, 0.2) is 5.96 Å². The number of nitrogens with one attached hydrogen (secondary N) is 3. The smallest absolute Gasteiger partial charge is 0.191 e. The van der Waals surface area contributed by atoms with Crippen molar-refractivity contribution in [2.75, 3.05) is 25.5 Å². The third-order valence-corrected chi connectivity index (χ3v) is 4.40. The van der Waals surface area contributed by atoms with Crippen LogP contribution in [0.3, 0.4) is 0 Å². The Morgan fingerprint density at radius 3 is 2.70 bits per heavy atom. The monoisotopic (exact) mass is 430 g/mol. The van der Waals surface area contributed by atoms with Gasteiger partial charge in [0.25, 0.3) is 0 Å². The predicted octanol–water partition coefficient (Wildman–Crippen LogP) is 2.59. The van der Waals surface area contributed by atoms with Crippen LogP contribution in [0.25, 0.3) is 0 Å². The molecule has 2 saturated heterocycles. The van der Waals surface area contributed by atoms with E-state index in [2.05, 4.69) is 33.1 Å². The zero-order valence-electron chi connectivity index (χ0n) is 13.6. The number of benzene rings is 1. The Morgan fingerprint density at radius 2 is 2.04 bits per heavy atom. The number of para-hydroxylation sites is 1. The molecular formula is C17H27IN4O. The summed E-state index contributed by atoms with van der Waals surface area (Å²) in [6.07, 6.45) is 5.41. The maximum Gasteiger partial charge on any atom is 0.191 e. The van der Waals surface area contributed by atoms with Gasteiger partial charge in [-0.15, -0.1) is 24.0 Å². The summed E-state index contributed by atoms with van der Waals surface area (Å²) in [5.74, 6) is 0.890. The first-order valence-corrected chi connectivity index (χ1v) is 8.27. The van der Waals surface area contributed by atoms with Crippen LogP contribution < -0.4 is 16.0 Å². The van der Waals surface area contributed by atoms with Gasteiger partial charge in [0.1, 0.15) is 0 Å². The van der Waals surface area contributed by atoms with Gasteiger partial charge in [-0.3, -0.25) is 4.99 Å². The van der Waals surface area contributed by atoms with Crippen LogP contribution >= 0.6 is 24.0 Å². The average molecular weight is 430 g/mol. The molecule has 1 aromatic rings. The molecule has 3 N–H and O–H groups in total. The number of fused-ring (bicyclic) bond motifs is 2. The molecule has 3 atom stereocenters. The van der Waals surface area contributed by atoms with Gasteiger partial charge in [-0.25, -0.2) is 0 Å². The van der Waals surface area contributed by atoms with E-state index in [4.69, 9.17) is 4.74 Å². The molecule has 1 aromatic carbocycles. The summed E-state index contributed by atoms with van der Waals surface area (Å²) in [6, 6.07) is 10.7. The van der Waals surface area contributed by atoms with Gasteiger partial charge in [-0.1, -0.05) is 18.2 Å². The maximum absolute atomic E-state index is 5.87. The number of rotatable bonds is 6. The average Bonchev–Trinajstić information content (AvgIpc) is 3.17. The molecular weight excluding hydrogens is 403 g/mol. The minimum Gasteiger partial charge on any atom is -0.385 e. The predicted molar refractivity (Wildman–Crippen MR) is 106 cm³/mol. The van der Waals surface area contributed by atoms with Crippen LogP contribution in [0.15, 0.2) is 35.3 Å². The quantitative estimate of drug-likeness (QED) is 0.281. The van der Waals surface area contributed by atoms with Gasteiger partial charge in [0.05, 0.1) is 18.2 Å². The number of nitrogens with zero attached hydrogens (tertiary/aromatic N) is 1. The van der Waals surface area contributed by atoms with Crippen molar-refractivity contribution in [2.24, 2.45) is 4.99 Å². The number of hydrogen-bond acceptors (Lipinski definition) is 3. The molecule has 2 aliphatic rings. The van der Waals surface area contributed by atoms with E-state index in [1.807, 2.05) is 25.2 Å². The van der Waals surface area contributed by atoms with Crippen molar-refractivity contribution in [3.63, 3.8) is 0 Å². The highest BCUT2D eigenvalue weighted by Gasteiger charge is 2.40. The van der Waals surface area contributed by atoms with Crippen LogP contribution in [0.5, 0.6) is 0 Å². The largest absolute Gasteiger partial charge is 0.385 e. The molecule has 0 spiro atoms. The molecule has 2 fully saturated rings. The lowest BCUT2D eigenvalue weighted by molar-refractivity contribution is 0.0992. The fourth-order valence-electron chi connectivity index (χ4n) is 3.24. The molecule has 2 aliphatic heterocycles. The van der Waals surface area contributed by atoms with Crippen LogP contribution in [-0.4, -0.2) is 44.3 Å². The van der Waals surface area contributed by atoms with Gasteiger partial charge in [-0.05, 0) is 37.8 Å². The number of guanidine groups is 1. The Bertz CT molecular complexity index is 497. The van der Waals surface area contributed by atoms with Crippen molar-refractivity contribution >= 4 is 35.6 Å². The van der Waals surface area contributed by atoms with Gasteiger partial charge in [-0.2, -0.15) is 0 Å². The first-order chi connectivity index (χ1) is 10.8. The molecule has 0 aliphatic carbocycles. The van der Waals surface area contributed by atoms with Gasteiger partial charge >= 0.3 is 0 Å². The third kappa shape index (κ3) is 5.24. The fourth-order valence-corrected chi connectivity index (χ4v) is 3.24. The second-order valence-electron chi connectivity index (χ2n) is 6.01. The lowest BCUT2D eigenvalue weighted by atomic mass is 9.96. The van der Waals surface area contributed by atoms with E-state index >= 15 is 0 Å². The second-order valence-corrected chi connectivity index (χ2v) is 6.01. The molecule has 0 saturated carbocycles. The van der Waals surface area contributed by atoms with Crippen molar-refractivity contribution in [1.29, 1.82) is 0 Å². The molecule has 2 heterocycles. The Labute approximate surface area is 155 Å². The van der Waals surface area contributed by atoms with E-state index in [-0.39, 0.29) is 24.0 Å². The van der Waals surface area contributed by atoms with Crippen LogP contribution in [0.2, 0.25) is 0 Å². The zero-order chi connectivity index (χ0) is 15.2. The molecule has 0 aromatic heterocycles. The summed E-state index contributed by atoms with van der Waals surface area (Å²) in [5, 5.41) is 10.3. The SMILES string of the molecule is CN=C(NCCCNc1ccccc1)NC1CC2CCC1O2.I. The zero-order valence-corrected chi connectivity index (χ0v) is 16.0. The minimum absolute atomic E-state index is 0. The van der Waals surface area contributed by atoms with Crippen LogP contribution in [-0.2, 0) is 4.74 Å². The van der Waals surface area contributed by atoms with Gasteiger partial charge < -0.3 is 20.7 Å². The lowest BCUT2D eigenvalue weighted by Gasteiger charge is -2.22. The van der Waals surface area contributed by atoms with E-state index in [0.29, 0.717) is 18.2 Å². The Morgan fingerprint density at radius 1 is 1.22 bits per heavy atom. The first kappa shape index (κ1) is 18.3. The van der Waals surface area contributed by atoms with Crippen molar-refractivity contribution in [1.82, 2.24) is 10.6 Å². The van der Waals surface area contributed by atoms with Crippen LogP contribution in [0.4, 0.5) is 5.69 Å². The molecule has 6 heteroatoms. The van der Waals surface area contributed by atoms with Crippen LogP contribution in [0, 0.1) is 0 Å². The summed E-state index contributed by atoms with van der Waals surface area (Å²) in [4.78, 5) is 4.31. The minimum atomic E-state index is 0. The number of anilines is 1. The molecule has 3 rings (SSSR count). The van der Waals surface area contributed by atoms with Crippen molar-refractivity contribution in [3.8, 4) is 0 Å². The lowest BCUT2D eigenvalue weighted by Crippen LogP contribution is -2.47. The number of ether oxygens (including phenoxy) is 1. The van der Waals surface area contributed by atoms with E-state index in [0.717, 1.165) is 31.9 Å². The number of hydrogen-bond donors (Lipinski definition) is 3. The molecule has 2 bridgehead atoms. The first-order valence-electron chi connectivity index (χ1n) is 8.27. The molecule has 0 amide bonds. The summed E-state index contributed by atoms with van der Waals surface area (Å²) in [5.41, 5.74) is 1.17.